The maximum absolute atomic E-state index is 7.56. The highest BCUT2D eigenvalue weighted by Crippen LogP contribution is 2.27. The van der Waals surface area contributed by atoms with Crippen LogP contribution in [0.3, 0.4) is 0 Å². The fourth-order valence-electron chi connectivity index (χ4n) is 1.43. The second kappa shape index (κ2) is 32.8. The molecular formula is C16H44O12P4S4. The van der Waals surface area contributed by atoms with Gasteiger partial charge in [-0.15, -0.1) is 13.2 Å². The Kier molecular flexibility index (Phi) is 46.0. The topological polar surface area (TPSA) is 243 Å². The molecule has 0 aromatic rings. The molecule has 0 spiro atoms. The Hall–Kier alpha value is 1.60. The molecule has 0 rings (SSSR count). The molecule has 0 aromatic carbocycles. The Balaban J connectivity index is -0.0000000762. The average molecular weight is 681 g/mol. The van der Waals surface area contributed by atoms with Gasteiger partial charge in [0, 0.05) is 0 Å². The first-order chi connectivity index (χ1) is 15.8. The van der Waals surface area contributed by atoms with Gasteiger partial charge >= 0.3 is 26.9 Å². The van der Waals surface area contributed by atoms with Gasteiger partial charge in [-0.05, 0) is 72.9 Å². The maximum atomic E-state index is 7.56. The largest absolute Gasteiger partial charge is 0.325 e. The van der Waals surface area contributed by atoms with Crippen molar-refractivity contribution in [2.24, 2.45) is 0 Å². The SMILES string of the molecule is C=CCCCCCC.C=CCCCCCC.OP(O)(O)=S.OP(O)(O)=S.OP(O)(O)=S.OP(O)(O)=S. The van der Waals surface area contributed by atoms with E-state index in [1.807, 2.05) is 12.2 Å². The third kappa shape index (κ3) is 317. The van der Waals surface area contributed by atoms with Crippen LogP contribution in [0.15, 0.2) is 25.3 Å². The van der Waals surface area contributed by atoms with E-state index in [0.29, 0.717) is 0 Å². The highest BCUT2D eigenvalue weighted by Gasteiger charge is 1.93. The van der Waals surface area contributed by atoms with Gasteiger partial charge in [-0.3, -0.25) is 0 Å². The van der Waals surface area contributed by atoms with Crippen LogP contribution >= 0.6 is 26.9 Å². The number of rotatable bonds is 10. The average Bonchev–Trinajstić information content (AvgIpc) is 2.58. The predicted molar refractivity (Wildman–Crippen MR) is 162 cm³/mol. The predicted octanol–water partition coefficient (Wildman–Crippen LogP) is 3.04. The second-order valence-corrected chi connectivity index (χ2v) is 16.3. The summed E-state index contributed by atoms with van der Waals surface area (Å²) in [4.78, 5) is 90.7. The van der Waals surface area contributed by atoms with Crippen molar-refractivity contribution in [2.45, 2.75) is 78.1 Å². The van der Waals surface area contributed by atoms with Crippen molar-refractivity contribution >= 4 is 74.1 Å². The molecule has 0 aromatic heterocycles. The Bertz CT molecular complexity index is 532. The molecule has 0 aliphatic rings. The van der Waals surface area contributed by atoms with Gasteiger partial charge < -0.3 is 58.7 Å². The molecule has 36 heavy (non-hydrogen) atoms. The van der Waals surface area contributed by atoms with E-state index in [4.69, 9.17) is 58.7 Å². The van der Waals surface area contributed by atoms with Gasteiger partial charge in [-0.1, -0.05) is 64.5 Å². The summed E-state index contributed by atoms with van der Waals surface area (Å²) in [6.07, 6.45) is 17.2. The van der Waals surface area contributed by atoms with Crippen molar-refractivity contribution in [1.29, 1.82) is 0 Å². The van der Waals surface area contributed by atoms with Crippen molar-refractivity contribution in [1.82, 2.24) is 0 Å². The smallest absolute Gasteiger partial charge is 0.319 e. The number of allylic oxidation sites excluding steroid dienone is 2. The zero-order valence-corrected chi connectivity index (χ0v) is 27.3. The standard InChI is InChI=1S/2C8H16.4H3O3PS/c2*1-3-5-7-8-6-4-2;4*1-4(2,3)5/h2*3H,1,4-8H2,2H3;4*(H3,1,2,3,5). The molecule has 0 amide bonds. The summed E-state index contributed by atoms with van der Waals surface area (Å²) in [6, 6.07) is 0. The molecule has 0 heterocycles. The Morgan fingerprint density at radius 1 is 0.444 bits per heavy atom. The number of unbranched alkanes of at least 4 members (excludes halogenated alkanes) is 8. The van der Waals surface area contributed by atoms with Gasteiger partial charge in [-0.2, -0.15) is 0 Å². The lowest BCUT2D eigenvalue weighted by molar-refractivity contribution is 0.361. The summed E-state index contributed by atoms with van der Waals surface area (Å²) in [7, 11) is 0. The van der Waals surface area contributed by atoms with Gasteiger partial charge in [-0.25, -0.2) is 0 Å². The molecule has 224 valence electrons. The first-order valence-corrected chi connectivity index (χ1v) is 20.8. The summed E-state index contributed by atoms with van der Waals surface area (Å²) in [6.45, 7) is -3.45. The van der Waals surface area contributed by atoms with Crippen molar-refractivity contribution < 1.29 is 58.7 Å². The minimum Gasteiger partial charge on any atom is -0.325 e. The van der Waals surface area contributed by atoms with E-state index < -0.39 is 26.9 Å². The van der Waals surface area contributed by atoms with Crippen LogP contribution in [0.4, 0.5) is 0 Å². The first-order valence-electron chi connectivity index (χ1n) is 10.2. The van der Waals surface area contributed by atoms with Crippen LogP contribution in [0.1, 0.15) is 78.1 Å². The molecule has 0 fully saturated rings. The third-order valence-electron chi connectivity index (χ3n) is 2.52. The first kappa shape index (κ1) is 50.4. The molecule has 12 N–H and O–H groups in total. The van der Waals surface area contributed by atoms with E-state index in [-0.39, 0.29) is 0 Å². The van der Waals surface area contributed by atoms with E-state index in [1.165, 1.54) is 64.2 Å². The lowest BCUT2D eigenvalue weighted by atomic mass is 10.2. The Morgan fingerprint density at radius 2 is 0.611 bits per heavy atom. The lowest BCUT2D eigenvalue weighted by Gasteiger charge is -1.91. The van der Waals surface area contributed by atoms with Gasteiger partial charge in [0.1, 0.15) is 0 Å². The summed E-state index contributed by atoms with van der Waals surface area (Å²) in [5, 5.41) is 0. The van der Waals surface area contributed by atoms with Crippen molar-refractivity contribution in [3.63, 3.8) is 0 Å². The summed E-state index contributed by atoms with van der Waals surface area (Å²) in [5.41, 5.74) is 0. The minimum atomic E-state index is -3.81. The van der Waals surface area contributed by atoms with Crippen molar-refractivity contribution in [2.75, 3.05) is 0 Å². The van der Waals surface area contributed by atoms with Gasteiger partial charge in [0.2, 0.25) is 0 Å². The van der Waals surface area contributed by atoms with E-state index in [1.54, 1.807) is 0 Å². The zero-order chi connectivity index (χ0) is 30.5. The molecule has 0 saturated heterocycles. The van der Waals surface area contributed by atoms with Crippen molar-refractivity contribution in [3.8, 4) is 0 Å². The van der Waals surface area contributed by atoms with E-state index in [9.17, 15) is 0 Å². The maximum Gasteiger partial charge on any atom is 0.319 e. The highest BCUT2D eigenvalue weighted by molar-refractivity contribution is 8.07. The fourth-order valence-corrected chi connectivity index (χ4v) is 1.43. The lowest BCUT2D eigenvalue weighted by Crippen LogP contribution is -1.71. The van der Waals surface area contributed by atoms with Gasteiger partial charge in [0.15, 0.2) is 0 Å². The van der Waals surface area contributed by atoms with Gasteiger partial charge in [0.05, 0.1) is 0 Å². The molecule has 0 radical (unpaired) electrons. The molecule has 0 bridgehead atoms. The van der Waals surface area contributed by atoms with Crippen LogP contribution in [-0.4, -0.2) is 58.7 Å². The molecule has 0 aliphatic heterocycles. The van der Waals surface area contributed by atoms with E-state index in [2.05, 4.69) is 74.2 Å². The highest BCUT2D eigenvalue weighted by atomic mass is 32.5. The minimum absolute atomic E-state index is 1.19. The molecule has 20 heteroatoms. The zero-order valence-electron chi connectivity index (χ0n) is 20.4. The summed E-state index contributed by atoms with van der Waals surface area (Å²) < 4.78 is 0. The Morgan fingerprint density at radius 3 is 0.722 bits per heavy atom. The van der Waals surface area contributed by atoms with Crippen molar-refractivity contribution in [3.05, 3.63) is 25.3 Å². The summed E-state index contributed by atoms with van der Waals surface area (Å²) >= 11 is 14.4. The van der Waals surface area contributed by atoms with Crippen LogP contribution in [0, 0.1) is 0 Å². The van der Waals surface area contributed by atoms with Crippen LogP contribution in [0.2, 0.25) is 0 Å². The summed E-state index contributed by atoms with van der Waals surface area (Å²) in [5.74, 6) is 0. The van der Waals surface area contributed by atoms with Crippen LogP contribution in [0.25, 0.3) is 0 Å². The molecule has 0 unspecified atom stereocenters. The number of hydrogen-bond donors (Lipinski definition) is 12. The van der Waals surface area contributed by atoms with E-state index in [0.717, 1.165) is 0 Å². The quantitative estimate of drug-likeness (QED) is 0.0901. The van der Waals surface area contributed by atoms with Gasteiger partial charge in [0.25, 0.3) is 0 Å². The normalized spacial score (nSPS) is 10.6. The molecule has 0 saturated carbocycles. The van der Waals surface area contributed by atoms with Crippen LogP contribution < -0.4 is 0 Å². The second-order valence-electron chi connectivity index (χ2n) is 6.33. The fraction of sp³-hybridized carbons (Fsp3) is 0.750. The molecule has 0 atom stereocenters. The van der Waals surface area contributed by atoms with Crippen LogP contribution in [0.5, 0.6) is 0 Å². The van der Waals surface area contributed by atoms with Crippen LogP contribution in [-0.2, 0) is 47.2 Å². The van der Waals surface area contributed by atoms with E-state index >= 15 is 0 Å². The molecular weight excluding hydrogens is 636 g/mol. The Labute approximate surface area is 235 Å². The number of hydrogen-bond acceptors (Lipinski definition) is 4. The molecule has 0 aliphatic carbocycles. The monoisotopic (exact) mass is 680 g/mol. The third-order valence-corrected chi connectivity index (χ3v) is 2.52. The molecule has 12 nitrogen and oxygen atoms in total.